The second-order valence-corrected chi connectivity index (χ2v) is 8.46. The Morgan fingerprint density at radius 2 is 1.38 bits per heavy atom. The lowest BCUT2D eigenvalue weighted by Gasteiger charge is -2.47. The SMILES string of the molecule is O=P(O)(O)O[C@H]1[C@H](O)[C@@H](OP(=O)(O)O)[C@@H]2OP(=O)(O)OO[C@H]2[C@H]1O. The number of rotatable bonds is 4. The van der Waals surface area contributed by atoms with Gasteiger partial charge in [0.05, 0.1) is 0 Å². The second kappa shape index (κ2) is 6.74. The van der Waals surface area contributed by atoms with Crippen molar-refractivity contribution in [2.24, 2.45) is 0 Å². The molecule has 1 aliphatic carbocycles. The summed E-state index contributed by atoms with van der Waals surface area (Å²) in [6, 6.07) is 0. The molecule has 18 heteroatoms. The van der Waals surface area contributed by atoms with E-state index in [0.717, 1.165) is 0 Å². The lowest BCUT2D eigenvalue weighted by atomic mass is 9.85. The topological polar surface area (TPSA) is 239 Å². The van der Waals surface area contributed by atoms with Gasteiger partial charge in [0.2, 0.25) is 0 Å². The molecular formula is C6H13O15P3. The maximum Gasteiger partial charge on any atom is 0.499 e. The second-order valence-electron chi connectivity index (χ2n) is 4.78. The van der Waals surface area contributed by atoms with Crippen molar-refractivity contribution in [2.75, 3.05) is 0 Å². The van der Waals surface area contributed by atoms with Crippen LogP contribution in [0.3, 0.4) is 0 Å². The molecular weight excluding hydrogens is 405 g/mol. The standard InChI is InChI=1S/C6H13O15P3/c7-1-3(18-22(9,10)11)2(8)5(19-23(12,13)14)6-4(1)17-21-24(15,16)20-6/h1-8H,(H,15,16)(H2,9,10,11)(H2,12,13,14)/t1-,2-,3+,4-,5+,6+/m0/s1. The van der Waals surface area contributed by atoms with E-state index in [4.69, 9.17) is 19.6 Å². The maximum atomic E-state index is 11.3. The quantitative estimate of drug-likeness (QED) is 0.184. The van der Waals surface area contributed by atoms with Crippen LogP contribution in [0.4, 0.5) is 0 Å². The predicted molar refractivity (Wildman–Crippen MR) is 66.5 cm³/mol. The Hall–Kier alpha value is 0.210. The van der Waals surface area contributed by atoms with Gasteiger partial charge in [-0.25, -0.2) is 18.6 Å². The molecule has 1 saturated carbocycles. The predicted octanol–water partition coefficient (Wildman–Crippen LogP) is -2.51. The van der Waals surface area contributed by atoms with Crippen molar-refractivity contribution < 1.29 is 71.5 Å². The minimum Gasteiger partial charge on any atom is -0.387 e. The van der Waals surface area contributed by atoms with E-state index in [1.807, 2.05) is 0 Å². The van der Waals surface area contributed by atoms with Crippen molar-refractivity contribution in [1.82, 2.24) is 0 Å². The fraction of sp³-hybridized carbons (Fsp3) is 1.00. The van der Waals surface area contributed by atoms with E-state index in [0.29, 0.717) is 0 Å². The molecule has 2 aliphatic rings. The molecule has 0 aromatic carbocycles. The Bertz CT molecular complexity index is 608. The van der Waals surface area contributed by atoms with Crippen LogP contribution in [-0.2, 0) is 36.8 Å². The zero-order chi connectivity index (χ0) is 18.5. The zero-order valence-corrected chi connectivity index (χ0v) is 13.9. The molecule has 0 amide bonds. The number of aliphatic hydroxyl groups is 2. The van der Waals surface area contributed by atoms with Crippen LogP contribution in [0.1, 0.15) is 0 Å². The summed E-state index contributed by atoms with van der Waals surface area (Å²) in [6.45, 7) is 0. The van der Waals surface area contributed by atoms with Crippen LogP contribution in [0.25, 0.3) is 0 Å². The smallest absolute Gasteiger partial charge is 0.387 e. The first kappa shape index (κ1) is 20.5. The highest BCUT2D eigenvalue weighted by molar-refractivity contribution is 7.47. The molecule has 0 aromatic rings. The molecule has 2 fully saturated rings. The van der Waals surface area contributed by atoms with Gasteiger partial charge in [-0.3, -0.25) is 13.6 Å². The average Bonchev–Trinajstić information content (AvgIpc) is 2.36. The molecule has 0 aromatic heterocycles. The Kier molecular flexibility index (Phi) is 5.76. The third-order valence-electron chi connectivity index (χ3n) is 3.02. The highest BCUT2D eigenvalue weighted by Gasteiger charge is 2.60. The number of fused-ring (bicyclic) bond motifs is 1. The minimum absolute atomic E-state index is 1.84. The van der Waals surface area contributed by atoms with Crippen molar-refractivity contribution in [1.29, 1.82) is 0 Å². The Balaban J connectivity index is 2.37. The fourth-order valence-corrected chi connectivity index (χ4v) is 4.14. The molecule has 1 aliphatic heterocycles. The zero-order valence-electron chi connectivity index (χ0n) is 11.2. The van der Waals surface area contributed by atoms with Crippen molar-refractivity contribution in [3.05, 3.63) is 0 Å². The lowest BCUT2D eigenvalue weighted by Crippen LogP contribution is -2.66. The molecule has 15 nitrogen and oxygen atoms in total. The summed E-state index contributed by atoms with van der Waals surface area (Å²) in [6.07, 6.45) is -12.5. The van der Waals surface area contributed by atoms with Crippen LogP contribution in [0, 0.1) is 0 Å². The van der Waals surface area contributed by atoms with E-state index in [-0.39, 0.29) is 0 Å². The molecule has 1 saturated heterocycles. The third-order valence-corrected chi connectivity index (χ3v) is 4.84. The summed E-state index contributed by atoms with van der Waals surface area (Å²) in [5.41, 5.74) is 0. The number of phosphoric ester groups is 3. The summed E-state index contributed by atoms with van der Waals surface area (Å²) in [7, 11) is -15.4. The van der Waals surface area contributed by atoms with E-state index >= 15 is 0 Å². The first-order valence-electron chi connectivity index (χ1n) is 5.90. The summed E-state index contributed by atoms with van der Waals surface area (Å²) in [5, 5.41) is 19.9. The van der Waals surface area contributed by atoms with Crippen LogP contribution in [0.5, 0.6) is 0 Å². The molecule has 0 spiro atoms. The van der Waals surface area contributed by atoms with E-state index < -0.39 is 60.1 Å². The molecule has 0 radical (unpaired) electrons. The van der Waals surface area contributed by atoms with Gasteiger partial charge in [0.25, 0.3) is 0 Å². The summed E-state index contributed by atoms with van der Waals surface area (Å²) in [5.74, 6) is 0. The van der Waals surface area contributed by atoms with Crippen molar-refractivity contribution >= 4 is 23.5 Å². The van der Waals surface area contributed by atoms with E-state index in [1.54, 1.807) is 0 Å². The normalized spacial score (nSPS) is 44.1. The average molecular weight is 418 g/mol. The largest absolute Gasteiger partial charge is 0.499 e. The molecule has 0 bridgehead atoms. The van der Waals surface area contributed by atoms with Crippen molar-refractivity contribution in [3.8, 4) is 0 Å². The third kappa shape index (κ3) is 4.89. The molecule has 142 valence electrons. The highest BCUT2D eigenvalue weighted by atomic mass is 31.2. The van der Waals surface area contributed by atoms with Crippen LogP contribution in [-0.4, -0.2) is 71.3 Å². The van der Waals surface area contributed by atoms with Gasteiger partial charge in [-0.2, -0.15) is 0 Å². The Morgan fingerprint density at radius 1 is 0.875 bits per heavy atom. The van der Waals surface area contributed by atoms with Gasteiger partial charge in [0.15, 0.2) is 6.10 Å². The first-order valence-corrected chi connectivity index (χ1v) is 10.5. The monoisotopic (exact) mass is 418 g/mol. The highest BCUT2D eigenvalue weighted by Crippen LogP contribution is 2.55. The number of aliphatic hydroxyl groups excluding tert-OH is 2. The van der Waals surface area contributed by atoms with Crippen LogP contribution < -0.4 is 0 Å². The number of hydrogen-bond acceptors (Lipinski definition) is 10. The van der Waals surface area contributed by atoms with E-state index in [1.165, 1.54) is 0 Å². The van der Waals surface area contributed by atoms with Gasteiger partial charge in [-0.1, -0.05) is 0 Å². The summed E-state index contributed by atoms with van der Waals surface area (Å²) >= 11 is 0. The number of phosphoric acid groups is 3. The van der Waals surface area contributed by atoms with Gasteiger partial charge >= 0.3 is 23.5 Å². The molecule has 1 unspecified atom stereocenters. The van der Waals surface area contributed by atoms with Gasteiger partial charge in [-0.15, -0.1) is 4.67 Å². The maximum absolute atomic E-state index is 11.3. The van der Waals surface area contributed by atoms with Gasteiger partial charge in [-0.05, 0) is 0 Å². The molecule has 2 rings (SSSR count). The van der Waals surface area contributed by atoms with Gasteiger partial charge < -0.3 is 34.7 Å². The van der Waals surface area contributed by atoms with Gasteiger partial charge in [0.1, 0.15) is 30.5 Å². The first-order chi connectivity index (χ1) is 10.7. The van der Waals surface area contributed by atoms with Crippen LogP contribution in [0.15, 0.2) is 0 Å². The Labute approximate surface area is 132 Å². The van der Waals surface area contributed by atoms with Crippen molar-refractivity contribution in [3.63, 3.8) is 0 Å². The summed E-state index contributed by atoms with van der Waals surface area (Å²) in [4.78, 5) is 48.8. The van der Waals surface area contributed by atoms with E-state index in [2.05, 4.69) is 23.1 Å². The number of hydrogen-bond donors (Lipinski definition) is 7. The van der Waals surface area contributed by atoms with E-state index in [9.17, 15) is 28.8 Å². The molecule has 7 atom stereocenters. The Morgan fingerprint density at radius 3 is 1.88 bits per heavy atom. The molecule has 1 heterocycles. The van der Waals surface area contributed by atoms with Crippen molar-refractivity contribution in [2.45, 2.75) is 36.6 Å². The molecule has 24 heavy (non-hydrogen) atoms. The van der Waals surface area contributed by atoms with Crippen LogP contribution >= 0.6 is 23.5 Å². The lowest BCUT2D eigenvalue weighted by molar-refractivity contribution is -0.355. The fourth-order valence-electron chi connectivity index (χ4n) is 2.22. The molecule has 7 N–H and O–H groups in total. The van der Waals surface area contributed by atoms with Gasteiger partial charge in [0, 0.05) is 0 Å². The summed E-state index contributed by atoms with van der Waals surface area (Å²) < 4.78 is 50.1. The minimum atomic E-state index is -5.31. The van der Waals surface area contributed by atoms with Crippen LogP contribution in [0.2, 0.25) is 0 Å².